The van der Waals surface area contributed by atoms with Crippen molar-refractivity contribution in [2.75, 3.05) is 39.4 Å². The Balaban J connectivity index is 1.42. The van der Waals surface area contributed by atoms with Crippen molar-refractivity contribution in [2.24, 2.45) is 5.92 Å². The number of hydrogen-bond donors (Lipinski definition) is 0. The summed E-state index contributed by atoms with van der Waals surface area (Å²) in [7, 11) is 0. The van der Waals surface area contributed by atoms with E-state index in [1.54, 1.807) is 12.3 Å². The largest absolute Gasteiger partial charge is 0.381 e. The lowest BCUT2D eigenvalue weighted by Crippen LogP contribution is -2.44. The number of nitrogens with zero attached hydrogens (tertiary/aromatic N) is 6. The minimum atomic E-state index is -0.317. The quantitative estimate of drug-likeness (QED) is 0.762. The third-order valence-corrected chi connectivity index (χ3v) is 6.38. The maximum atomic E-state index is 13.0. The molecule has 28 heavy (non-hydrogen) atoms. The number of aromatic nitrogens is 4. The fourth-order valence-corrected chi connectivity index (χ4v) is 4.97. The van der Waals surface area contributed by atoms with E-state index in [1.807, 2.05) is 11.8 Å². The highest BCUT2D eigenvalue weighted by atomic mass is 16.5. The maximum absolute atomic E-state index is 13.0. The van der Waals surface area contributed by atoms with Crippen molar-refractivity contribution in [3.63, 3.8) is 0 Å². The van der Waals surface area contributed by atoms with E-state index >= 15 is 0 Å². The fraction of sp³-hybridized carbons (Fsp3) is 0.632. The van der Waals surface area contributed by atoms with Crippen molar-refractivity contribution in [3.8, 4) is 0 Å². The number of ether oxygens (including phenoxy) is 1. The van der Waals surface area contributed by atoms with Crippen LogP contribution in [-0.4, -0.2) is 81.3 Å². The molecule has 1 amide bonds. The molecule has 5 heterocycles. The Morgan fingerprint density at radius 2 is 2.11 bits per heavy atom. The zero-order valence-corrected chi connectivity index (χ0v) is 16.0. The van der Waals surface area contributed by atoms with E-state index in [0.29, 0.717) is 36.5 Å². The first-order chi connectivity index (χ1) is 13.7. The number of amides is 1. The van der Waals surface area contributed by atoms with Crippen LogP contribution in [-0.2, 0) is 10.2 Å². The number of rotatable bonds is 3. The van der Waals surface area contributed by atoms with Crippen LogP contribution in [0.1, 0.15) is 35.0 Å². The van der Waals surface area contributed by atoms with Gasteiger partial charge in [-0.2, -0.15) is 4.98 Å². The van der Waals surface area contributed by atoms with E-state index in [0.717, 1.165) is 39.1 Å². The van der Waals surface area contributed by atoms with Crippen LogP contribution in [0.3, 0.4) is 0 Å². The van der Waals surface area contributed by atoms with Gasteiger partial charge in [0.15, 0.2) is 5.82 Å². The molecule has 2 aromatic heterocycles. The van der Waals surface area contributed by atoms with Crippen molar-refractivity contribution >= 4 is 5.91 Å². The second-order valence-electron chi connectivity index (χ2n) is 8.05. The molecule has 0 aliphatic carbocycles. The molecule has 3 aliphatic rings. The second-order valence-corrected chi connectivity index (χ2v) is 8.05. The van der Waals surface area contributed by atoms with E-state index < -0.39 is 0 Å². The highest BCUT2D eigenvalue weighted by Crippen LogP contribution is 2.45. The van der Waals surface area contributed by atoms with Crippen LogP contribution in [0.25, 0.3) is 0 Å². The van der Waals surface area contributed by atoms with Crippen LogP contribution in [0.4, 0.5) is 0 Å². The number of carbonyl (C=O) groups excluding carboxylic acids is 1. The molecule has 148 valence electrons. The predicted octanol–water partition coefficient (Wildman–Crippen LogP) is 0.673. The van der Waals surface area contributed by atoms with Crippen LogP contribution >= 0.6 is 0 Å². The topological polar surface area (TPSA) is 97.5 Å². The summed E-state index contributed by atoms with van der Waals surface area (Å²) in [4.78, 5) is 30.0. The Hall–Kier alpha value is -2.39. The number of fused-ring (bicyclic) bond motifs is 1. The summed E-state index contributed by atoms with van der Waals surface area (Å²) in [5.41, 5.74) is 0.107. The van der Waals surface area contributed by atoms with Crippen molar-refractivity contribution in [1.29, 1.82) is 0 Å². The third kappa shape index (κ3) is 2.89. The van der Waals surface area contributed by atoms with Crippen LogP contribution in [0.2, 0.25) is 0 Å². The SMILES string of the molecule is Cc1noc(C23CN(C(=O)c4ccncn4)CC2CN(C2CCOCC2)C3)n1. The average Bonchev–Trinajstić information content (AvgIpc) is 3.41. The molecule has 0 bridgehead atoms. The lowest BCUT2D eigenvalue weighted by atomic mass is 9.81. The Morgan fingerprint density at radius 3 is 2.82 bits per heavy atom. The molecule has 3 saturated heterocycles. The van der Waals surface area contributed by atoms with Gasteiger partial charge in [-0.1, -0.05) is 5.16 Å². The molecule has 9 heteroatoms. The van der Waals surface area contributed by atoms with Gasteiger partial charge in [0.05, 0.1) is 5.41 Å². The Kier molecular flexibility index (Phi) is 4.36. The van der Waals surface area contributed by atoms with E-state index in [4.69, 9.17) is 9.26 Å². The lowest BCUT2D eigenvalue weighted by molar-refractivity contribution is 0.0368. The van der Waals surface area contributed by atoms with E-state index in [2.05, 4.69) is 25.0 Å². The highest BCUT2D eigenvalue weighted by Gasteiger charge is 2.58. The van der Waals surface area contributed by atoms with Gasteiger partial charge in [0, 0.05) is 57.5 Å². The summed E-state index contributed by atoms with van der Waals surface area (Å²) in [6.45, 7) is 6.47. The van der Waals surface area contributed by atoms with E-state index in [-0.39, 0.29) is 17.2 Å². The van der Waals surface area contributed by atoms with Gasteiger partial charge in [-0.05, 0) is 25.8 Å². The van der Waals surface area contributed by atoms with Crippen molar-refractivity contribution in [3.05, 3.63) is 36.0 Å². The zero-order chi connectivity index (χ0) is 19.1. The van der Waals surface area contributed by atoms with Gasteiger partial charge in [0.1, 0.15) is 12.0 Å². The molecule has 5 rings (SSSR count). The van der Waals surface area contributed by atoms with E-state index in [1.165, 1.54) is 6.33 Å². The van der Waals surface area contributed by atoms with Gasteiger partial charge in [-0.15, -0.1) is 0 Å². The minimum Gasteiger partial charge on any atom is -0.381 e. The molecule has 0 radical (unpaired) electrons. The molecular formula is C19H24N6O3. The molecule has 2 aromatic rings. The minimum absolute atomic E-state index is 0.0648. The molecule has 0 spiro atoms. The zero-order valence-electron chi connectivity index (χ0n) is 16.0. The van der Waals surface area contributed by atoms with Gasteiger partial charge in [-0.3, -0.25) is 9.69 Å². The fourth-order valence-electron chi connectivity index (χ4n) is 4.97. The summed E-state index contributed by atoms with van der Waals surface area (Å²) >= 11 is 0. The number of hydrogen-bond acceptors (Lipinski definition) is 8. The molecular weight excluding hydrogens is 360 g/mol. The van der Waals surface area contributed by atoms with Crippen LogP contribution in [0, 0.1) is 12.8 Å². The summed E-state index contributed by atoms with van der Waals surface area (Å²) in [6, 6.07) is 2.18. The van der Waals surface area contributed by atoms with Crippen molar-refractivity contribution in [1.82, 2.24) is 29.9 Å². The summed E-state index contributed by atoms with van der Waals surface area (Å²) in [6.07, 6.45) is 5.11. The standard InChI is InChI=1S/C19H24N6O3/c1-13-22-18(28-23-13)19-10-24(15-3-6-27-7-4-15)8-14(19)9-25(11-19)17(26)16-2-5-20-12-21-16/h2,5,12,14-15H,3-4,6-11H2,1H3. The van der Waals surface area contributed by atoms with Crippen molar-refractivity contribution < 1.29 is 14.1 Å². The molecule has 2 unspecified atom stereocenters. The number of aryl methyl sites for hydroxylation is 1. The molecule has 2 atom stereocenters. The van der Waals surface area contributed by atoms with Crippen LogP contribution in [0.5, 0.6) is 0 Å². The normalized spacial score (nSPS) is 28.6. The first-order valence-corrected chi connectivity index (χ1v) is 9.83. The van der Waals surface area contributed by atoms with E-state index in [9.17, 15) is 4.79 Å². The Morgan fingerprint density at radius 1 is 1.25 bits per heavy atom. The molecule has 0 saturated carbocycles. The highest BCUT2D eigenvalue weighted by molar-refractivity contribution is 5.92. The van der Waals surface area contributed by atoms with Gasteiger partial charge in [0.2, 0.25) is 5.89 Å². The van der Waals surface area contributed by atoms with Gasteiger partial charge in [-0.25, -0.2) is 9.97 Å². The van der Waals surface area contributed by atoms with Crippen molar-refractivity contribution in [2.45, 2.75) is 31.2 Å². The maximum Gasteiger partial charge on any atom is 0.272 e. The first kappa shape index (κ1) is 17.7. The smallest absolute Gasteiger partial charge is 0.272 e. The molecule has 3 aliphatic heterocycles. The predicted molar refractivity (Wildman–Crippen MR) is 97.6 cm³/mol. The lowest BCUT2D eigenvalue weighted by Gasteiger charge is -2.33. The average molecular weight is 384 g/mol. The van der Waals surface area contributed by atoms with Crippen LogP contribution in [0.15, 0.2) is 23.1 Å². The second kappa shape index (κ2) is 6.89. The summed E-state index contributed by atoms with van der Waals surface area (Å²) < 4.78 is 11.2. The van der Waals surface area contributed by atoms with Gasteiger partial charge >= 0.3 is 0 Å². The Bertz CT molecular complexity index is 852. The monoisotopic (exact) mass is 384 g/mol. The van der Waals surface area contributed by atoms with Gasteiger partial charge in [0.25, 0.3) is 5.91 Å². The molecule has 0 N–H and O–H groups in total. The summed E-state index contributed by atoms with van der Waals surface area (Å²) in [5, 5.41) is 4.03. The van der Waals surface area contributed by atoms with Gasteiger partial charge < -0.3 is 14.2 Å². The third-order valence-electron chi connectivity index (χ3n) is 6.38. The molecule has 3 fully saturated rings. The number of likely N-dealkylation sites (tertiary alicyclic amines) is 2. The first-order valence-electron chi connectivity index (χ1n) is 9.83. The molecule has 0 aromatic carbocycles. The van der Waals surface area contributed by atoms with Crippen LogP contribution < -0.4 is 0 Å². The summed E-state index contributed by atoms with van der Waals surface area (Å²) in [5.74, 6) is 1.49. The molecule has 9 nitrogen and oxygen atoms in total. The number of carbonyl (C=O) groups is 1. The Labute approximate surface area is 163 Å².